The zero-order chi connectivity index (χ0) is 19.9. The van der Waals surface area contributed by atoms with Crippen molar-refractivity contribution in [1.82, 2.24) is 9.80 Å². The van der Waals surface area contributed by atoms with Crippen molar-refractivity contribution in [2.24, 2.45) is 5.92 Å². The molecule has 1 aliphatic carbocycles. The number of imide groups is 1. The monoisotopic (exact) mass is 284 g/mol. The summed E-state index contributed by atoms with van der Waals surface area (Å²) in [6.07, 6.45) is 2.19. The summed E-state index contributed by atoms with van der Waals surface area (Å²) < 4.78 is 43.9. The zero-order valence-electron chi connectivity index (χ0n) is 17.4. The zero-order valence-corrected chi connectivity index (χ0v) is 11.4. The summed E-state index contributed by atoms with van der Waals surface area (Å²) in [5.74, 6) is -2.27. The van der Waals surface area contributed by atoms with Crippen LogP contribution < -0.4 is 0 Å². The lowest BCUT2D eigenvalue weighted by atomic mass is 9.93. The third kappa shape index (κ3) is 2.62. The first-order valence-corrected chi connectivity index (χ1v) is 6.67. The molecule has 5 heteroatoms. The van der Waals surface area contributed by atoms with Crippen LogP contribution in [0.2, 0.25) is 0 Å². The number of urea groups is 1. The summed E-state index contributed by atoms with van der Waals surface area (Å²) in [7, 11) is 1.54. The topological polar surface area (TPSA) is 57.7 Å². The van der Waals surface area contributed by atoms with E-state index in [1.54, 1.807) is 0 Å². The van der Waals surface area contributed by atoms with Gasteiger partial charge in [0.15, 0.2) is 0 Å². The number of Topliss-reactive ketones (excluding diaryl/α,β-unsaturated/α-hetero) is 1. The van der Waals surface area contributed by atoms with E-state index in [1.807, 2.05) is 0 Å². The fourth-order valence-corrected chi connectivity index (χ4v) is 2.75. The van der Waals surface area contributed by atoms with Gasteiger partial charge in [-0.3, -0.25) is 9.69 Å². The molecule has 0 aromatic heterocycles. The Kier molecular flexibility index (Phi) is 2.48. The molecule has 1 heterocycles. The van der Waals surface area contributed by atoms with Crippen LogP contribution >= 0.6 is 0 Å². The molecule has 1 saturated heterocycles. The molecule has 1 aliphatic heterocycles. The Balaban J connectivity index is 2.03. The number of hydrogen-bond donors (Lipinski definition) is 0. The lowest BCUT2D eigenvalue weighted by molar-refractivity contribution is -0.136. The second-order valence-corrected chi connectivity index (χ2v) is 5.20. The van der Waals surface area contributed by atoms with Gasteiger partial charge in [-0.15, -0.1) is 0 Å². The molecular weight excluding hydrogens is 256 g/mol. The maximum atomic E-state index is 12.7. The van der Waals surface area contributed by atoms with Gasteiger partial charge in [0.2, 0.25) is 5.91 Å². The molecule has 0 bridgehead atoms. The predicted molar refractivity (Wildman–Crippen MR) is 75.1 cm³/mol. The van der Waals surface area contributed by atoms with E-state index >= 15 is 0 Å². The molecule has 0 radical (unpaired) electrons. The van der Waals surface area contributed by atoms with Gasteiger partial charge in [-0.25, -0.2) is 4.79 Å². The molecule has 0 aromatic carbocycles. The second-order valence-electron chi connectivity index (χ2n) is 5.20. The van der Waals surface area contributed by atoms with Crippen LogP contribution in [0.4, 0.5) is 4.79 Å². The maximum absolute atomic E-state index is 12.7. The van der Waals surface area contributed by atoms with E-state index < -0.39 is 43.4 Å². The molecule has 2 unspecified atom stereocenters. The molecule has 0 saturated carbocycles. The molecule has 0 N–H and O–H groups in total. The highest BCUT2D eigenvalue weighted by Gasteiger charge is 2.46. The number of hydrogen-bond acceptors (Lipinski definition) is 3. The fourth-order valence-electron chi connectivity index (χ4n) is 2.75. The van der Waals surface area contributed by atoms with Crippen molar-refractivity contribution in [2.75, 3.05) is 13.6 Å². The van der Waals surface area contributed by atoms with E-state index in [1.165, 1.54) is 18.0 Å². The van der Waals surface area contributed by atoms with Crippen molar-refractivity contribution in [3.05, 3.63) is 11.6 Å². The largest absolute Gasteiger partial charge is 0.326 e. The lowest BCUT2D eigenvalue weighted by Crippen LogP contribution is -2.59. The molecule has 0 aromatic rings. The minimum atomic E-state index is -2.65. The highest BCUT2D eigenvalue weighted by Crippen LogP contribution is 2.35. The van der Waals surface area contributed by atoms with Crippen LogP contribution in [-0.4, -0.2) is 47.2 Å². The van der Waals surface area contributed by atoms with Gasteiger partial charge in [-0.1, -0.05) is 11.6 Å². The van der Waals surface area contributed by atoms with Gasteiger partial charge in [0.1, 0.15) is 5.78 Å². The molecule has 1 fully saturated rings. The normalized spacial score (nSPS) is 31.6. The summed E-state index contributed by atoms with van der Waals surface area (Å²) in [6, 6.07) is -0.989. The van der Waals surface area contributed by atoms with Crippen LogP contribution in [0.5, 0.6) is 0 Å². The molecule has 20 heavy (non-hydrogen) atoms. The number of nitrogens with zero attached hydrogens (tertiary/aromatic N) is 2. The van der Waals surface area contributed by atoms with Gasteiger partial charge in [-0.05, 0) is 33.0 Å². The number of ketones is 1. The van der Waals surface area contributed by atoms with Gasteiger partial charge in [-0.2, -0.15) is 0 Å². The number of amides is 3. The van der Waals surface area contributed by atoms with Crippen molar-refractivity contribution >= 4 is 17.7 Å². The van der Waals surface area contributed by atoms with Crippen LogP contribution in [0, 0.1) is 5.92 Å². The van der Waals surface area contributed by atoms with Crippen molar-refractivity contribution < 1.29 is 22.6 Å². The Labute approximate surface area is 128 Å². The molecule has 110 valence electrons. The minimum absolute atomic E-state index is 0.0216. The van der Waals surface area contributed by atoms with E-state index in [-0.39, 0.29) is 31.4 Å². The van der Waals surface area contributed by atoms with Crippen LogP contribution in [0.25, 0.3) is 0 Å². The number of rotatable bonds is 5. The molecule has 0 spiro atoms. The number of carbonyl (C=O) groups is 3. The molecule has 3 amide bonds. The van der Waals surface area contributed by atoms with E-state index in [4.69, 9.17) is 8.22 Å². The molecule has 5 nitrogen and oxygen atoms in total. The SMILES string of the molecule is [2H]C([2H])([2H])C(=O)CCCCN1C(=O)C2C(C([2H])([2H])[2H])=CCC2N(C)C1=O. The smallest absolute Gasteiger partial charge is 0.323 e. The van der Waals surface area contributed by atoms with Crippen LogP contribution in [0.15, 0.2) is 11.6 Å². The van der Waals surface area contributed by atoms with E-state index in [0.29, 0.717) is 6.42 Å². The summed E-state index contributed by atoms with van der Waals surface area (Å²) in [4.78, 5) is 39.0. The van der Waals surface area contributed by atoms with Crippen molar-refractivity contribution in [3.63, 3.8) is 0 Å². The predicted octanol–water partition coefficient (Wildman–Crippen LogP) is 1.97. The summed E-state index contributed by atoms with van der Waals surface area (Å²) in [5.41, 5.74) is 0.0643. The Morgan fingerprint density at radius 3 is 2.95 bits per heavy atom. The summed E-state index contributed by atoms with van der Waals surface area (Å²) in [6.45, 7) is -5.02. The van der Waals surface area contributed by atoms with Gasteiger partial charge in [0.25, 0.3) is 0 Å². The molecule has 2 rings (SSSR count). The molecular formula is C15H22N2O3. The first kappa shape index (κ1) is 8.60. The summed E-state index contributed by atoms with van der Waals surface area (Å²) >= 11 is 0. The van der Waals surface area contributed by atoms with E-state index in [0.717, 1.165) is 4.90 Å². The number of carbonyl (C=O) groups excluding carboxylic acids is 3. The fraction of sp³-hybridized carbons (Fsp3) is 0.667. The Morgan fingerprint density at radius 1 is 1.45 bits per heavy atom. The third-order valence-corrected chi connectivity index (χ3v) is 3.90. The third-order valence-electron chi connectivity index (χ3n) is 3.90. The van der Waals surface area contributed by atoms with Gasteiger partial charge < -0.3 is 9.69 Å². The van der Waals surface area contributed by atoms with Crippen molar-refractivity contribution in [3.8, 4) is 0 Å². The summed E-state index contributed by atoms with van der Waals surface area (Å²) in [5, 5.41) is 0. The molecule has 2 aliphatic rings. The average molecular weight is 284 g/mol. The van der Waals surface area contributed by atoms with Crippen LogP contribution in [-0.2, 0) is 9.59 Å². The minimum Gasteiger partial charge on any atom is -0.323 e. The second kappa shape index (κ2) is 5.77. The first-order chi connectivity index (χ1) is 11.9. The van der Waals surface area contributed by atoms with Crippen molar-refractivity contribution in [2.45, 2.75) is 45.4 Å². The van der Waals surface area contributed by atoms with E-state index in [2.05, 4.69) is 0 Å². The van der Waals surface area contributed by atoms with Crippen LogP contribution in [0.3, 0.4) is 0 Å². The maximum Gasteiger partial charge on any atom is 0.326 e. The first-order valence-electron chi connectivity index (χ1n) is 9.67. The Hall–Kier alpha value is -1.65. The number of fused-ring (bicyclic) bond motifs is 1. The van der Waals surface area contributed by atoms with Gasteiger partial charge in [0.05, 0.1) is 12.0 Å². The van der Waals surface area contributed by atoms with Gasteiger partial charge in [0, 0.05) is 28.2 Å². The highest BCUT2D eigenvalue weighted by molar-refractivity contribution is 6.00. The Morgan fingerprint density at radius 2 is 2.25 bits per heavy atom. The Bertz CT molecular complexity index is 640. The van der Waals surface area contributed by atoms with Crippen LogP contribution in [0.1, 0.15) is 47.6 Å². The lowest BCUT2D eigenvalue weighted by Gasteiger charge is -2.40. The van der Waals surface area contributed by atoms with Gasteiger partial charge >= 0.3 is 6.03 Å². The highest BCUT2D eigenvalue weighted by atomic mass is 16.2. The molecule has 2 atom stereocenters. The number of unbranched alkanes of at least 4 members (excludes halogenated alkanes) is 1. The average Bonchev–Trinajstić information content (AvgIpc) is 2.96. The quantitative estimate of drug-likeness (QED) is 0.573. The van der Waals surface area contributed by atoms with E-state index in [9.17, 15) is 14.4 Å². The standard InChI is InChI=1S/C15H22N2O3/c1-10-7-8-12-13(10)14(19)17(15(20)16(12)3)9-5-4-6-11(2)18/h7,12-13H,4-6,8-9H2,1-3H3/i1D3,2D3. The van der Waals surface area contributed by atoms with Crippen molar-refractivity contribution in [1.29, 1.82) is 0 Å².